The van der Waals surface area contributed by atoms with Gasteiger partial charge in [0.1, 0.15) is 9.71 Å². The van der Waals surface area contributed by atoms with E-state index in [-0.39, 0.29) is 4.88 Å². The number of benzene rings is 1. The van der Waals surface area contributed by atoms with E-state index >= 15 is 0 Å². The molecule has 22 heavy (non-hydrogen) atoms. The zero-order valence-electron chi connectivity index (χ0n) is 11.6. The molecule has 5 nitrogen and oxygen atoms in total. The van der Waals surface area contributed by atoms with E-state index in [0.717, 1.165) is 22.3 Å². The van der Waals surface area contributed by atoms with Crippen LogP contribution in [0, 0.1) is 0 Å². The summed E-state index contributed by atoms with van der Waals surface area (Å²) >= 11 is 1.14. The van der Waals surface area contributed by atoms with Gasteiger partial charge in [-0.3, -0.25) is 0 Å². The van der Waals surface area contributed by atoms with Gasteiger partial charge in [-0.25, -0.2) is 14.6 Å². The molecule has 2 heterocycles. The minimum atomic E-state index is -0.991. The quantitative estimate of drug-likeness (QED) is 0.749. The van der Waals surface area contributed by atoms with Gasteiger partial charge in [0.15, 0.2) is 0 Å². The van der Waals surface area contributed by atoms with Crippen molar-refractivity contribution in [2.24, 2.45) is 0 Å². The topological polar surface area (TPSA) is 76.5 Å². The Kier molecular flexibility index (Phi) is 3.60. The molecule has 1 N–H and O–H groups in total. The average molecular weight is 313 g/mol. The average Bonchev–Trinajstić information content (AvgIpc) is 2.94. The van der Waals surface area contributed by atoms with Crippen LogP contribution in [0.25, 0.3) is 21.3 Å². The second-order valence-corrected chi connectivity index (χ2v) is 5.54. The summed E-state index contributed by atoms with van der Waals surface area (Å²) in [6.07, 6.45) is 1.63. The first-order valence-electron chi connectivity index (χ1n) is 6.41. The van der Waals surface area contributed by atoms with Crippen LogP contribution in [0.15, 0.2) is 42.6 Å². The number of aromatic carboxylic acids is 1. The van der Waals surface area contributed by atoms with E-state index in [0.29, 0.717) is 16.0 Å². The van der Waals surface area contributed by atoms with Crippen molar-refractivity contribution in [3.8, 4) is 11.1 Å². The number of esters is 1. The number of hydrogen-bond acceptors (Lipinski definition) is 5. The number of nitrogens with zero attached hydrogens (tertiary/aromatic N) is 1. The van der Waals surface area contributed by atoms with Gasteiger partial charge in [0.05, 0.1) is 12.7 Å². The van der Waals surface area contributed by atoms with Crippen molar-refractivity contribution in [1.29, 1.82) is 0 Å². The van der Waals surface area contributed by atoms with Gasteiger partial charge in [-0.05, 0) is 29.8 Å². The second kappa shape index (κ2) is 5.57. The second-order valence-electron chi connectivity index (χ2n) is 4.54. The third kappa shape index (κ3) is 2.33. The van der Waals surface area contributed by atoms with Crippen molar-refractivity contribution in [3.63, 3.8) is 0 Å². The number of fused-ring (bicyclic) bond motifs is 1. The Hall–Kier alpha value is -2.73. The van der Waals surface area contributed by atoms with Crippen molar-refractivity contribution >= 4 is 33.5 Å². The first-order valence-corrected chi connectivity index (χ1v) is 7.23. The van der Waals surface area contributed by atoms with Gasteiger partial charge in [0.25, 0.3) is 0 Å². The van der Waals surface area contributed by atoms with Crippen LogP contribution in [-0.4, -0.2) is 29.1 Å². The molecule has 0 saturated carbocycles. The van der Waals surface area contributed by atoms with E-state index in [4.69, 9.17) is 0 Å². The van der Waals surface area contributed by atoms with E-state index in [2.05, 4.69) is 9.72 Å². The summed E-state index contributed by atoms with van der Waals surface area (Å²) in [6, 6.07) is 10.3. The number of hydrogen-bond donors (Lipinski definition) is 1. The largest absolute Gasteiger partial charge is 0.477 e. The zero-order chi connectivity index (χ0) is 15.7. The van der Waals surface area contributed by atoms with Gasteiger partial charge in [-0.1, -0.05) is 12.1 Å². The van der Waals surface area contributed by atoms with Gasteiger partial charge < -0.3 is 9.84 Å². The molecule has 0 radical (unpaired) electrons. The number of carboxylic acid groups (broad SMARTS) is 1. The lowest BCUT2D eigenvalue weighted by atomic mass is 10.0. The number of pyridine rings is 1. The fourth-order valence-electron chi connectivity index (χ4n) is 2.26. The van der Waals surface area contributed by atoms with Crippen LogP contribution in [-0.2, 0) is 4.74 Å². The summed E-state index contributed by atoms with van der Waals surface area (Å²) in [5, 5.41) is 10.2. The van der Waals surface area contributed by atoms with Gasteiger partial charge in [0.2, 0.25) is 0 Å². The fraction of sp³-hybridized carbons (Fsp3) is 0.0625. The van der Waals surface area contributed by atoms with E-state index in [1.54, 1.807) is 36.5 Å². The number of methoxy groups -OCH3 is 1. The van der Waals surface area contributed by atoms with Crippen LogP contribution in [0.3, 0.4) is 0 Å². The molecule has 6 heteroatoms. The molecule has 110 valence electrons. The molecular formula is C16H11NO4S. The Morgan fingerprint density at radius 1 is 1.18 bits per heavy atom. The van der Waals surface area contributed by atoms with E-state index in [1.807, 2.05) is 6.07 Å². The highest BCUT2D eigenvalue weighted by Crippen LogP contribution is 2.37. The Bertz CT molecular complexity index is 867. The monoisotopic (exact) mass is 313 g/mol. The normalized spacial score (nSPS) is 10.6. The molecule has 0 fully saturated rings. The van der Waals surface area contributed by atoms with Crippen molar-refractivity contribution < 1.29 is 19.4 Å². The molecule has 0 aliphatic heterocycles. The summed E-state index contributed by atoms with van der Waals surface area (Å²) in [5.41, 5.74) is 1.77. The zero-order valence-corrected chi connectivity index (χ0v) is 12.4. The van der Waals surface area contributed by atoms with E-state index < -0.39 is 11.9 Å². The van der Waals surface area contributed by atoms with Gasteiger partial charge >= 0.3 is 11.9 Å². The Labute approximate surface area is 129 Å². The Balaban J connectivity index is 2.18. The molecule has 3 aromatic rings. The maximum atomic E-state index is 11.5. The number of carboxylic acids is 1. The molecule has 0 saturated heterocycles. The summed E-state index contributed by atoms with van der Waals surface area (Å²) < 4.78 is 4.66. The molecule has 0 aliphatic carbocycles. The van der Waals surface area contributed by atoms with Crippen LogP contribution in [0.1, 0.15) is 20.0 Å². The molecule has 3 rings (SSSR count). The summed E-state index contributed by atoms with van der Waals surface area (Å²) in [6.45, 7) is 0. The van der Waals surface area contributed by atoms with Crippen LogP contribution in [0.2, 0.25) is 0 Å². The smallest absolute Gasteiger partial charge is 0.346 e. The van der Waals surface area contributed by atoms with E-state index in [1.165, 1.54) is 7.11 Å². The maximum absolute atomic E-state index is 11.5. The summed E-state index contributed by atoms with van der Waals surface area (Å²) in [5.74, 6) is -1.42. The van der Waals surface area contributed by atoms with Crippen molar-refractivity contribution in [1.82, 2.24) is 4.98 Å². The van der Waals surface area contributed by atoms with Crippen LogP contribution in [0.5, 0.6) is 0 Å². The molecule has 0 atom stereocenters. The Morgan fingerprint density at radius 2 is 1.91 bits per heavy atom. The molecule has 0 spiro atoms. The molecule has 2 aromatic heterocycles. The predicted molar refractivity (Wildman–Crippen MR) is 83.4 cm³/mol. The molecule has 0 amide bonds. The maximum Gasteiger partial charge on any atom is 0.346 e. The van der Waals surface area contributed by atoms with Gasteiger partial charge in [-0.15, -0.1) is 11.3 Å². The Morgan fingerprint density at radius 3 is 2.55 bits per heavy atom. The number of thiophene rings is 1. The number of carbonyl (C=O) groups excluding carboxylic acids is 1. The molecule has 0 bridgehead atoms. The van der Waals surface area contributed by atoms with Gasteiger partial charge in [-0.2, -0.15) is 0 Å². The fourth-order valence-corrected chi connectivity index (χ4v) is 3.26. The number of carbonyl (C=O) groups is 2. The molecule has 0 unspecified atom stereocenters. The highest BCUT2D eigenvalue weighted by Gasteiger charge is 2.20. The first-order chi connectivity index (χ1) is 10.6. The highest BCUT2D eigenvalue weighted by atomic mass is 32.1. The predicted octanol–water partition coefficient (Wildman–Crippen LogP) is 3.45. The first kappa shape index (κ1) is 14.2. The number of rotatable bonds is 3. The highest BCUT2D eigenvalue weighted by molar-refractivity contribution is 7.21. The van der Waals surface area contributed by atoms with Crippen molar-refractivity contribution in [2.75, 3.05) is 7.11 Å². The minimum absolute atomic E-state index is 0.236. The number of aromatic nitrogens is 1. The summed E-state index contributed by atoms with van der Waals surface area (Å²) in [4.78, 5) is 28.1. The minimum Gasteiger partial charge on any atom is -0.477 e. The van der Waals surface area contributed by atoms with Crippen LogP contribution < -0.4 is 0 Å². The standard InChI is InChI=1S/C16H11NO4S/c1-21-16(20)10-6-4-9(5-7-10)12-11-3-2-8-17-14(11)22-13(12)15(18)19/h2-8H,1H3,(H,18,19). The third-order valence-corrected chi connectivity index (χ3v) is 4.36. The van der Waals surface area contributed by atoms with Crippen LogP contribution >= 0.6 is 11.3 Å². The number of ether oxygens (including phenoxy) is 1. The third-order valence-electron chi connectivity index (χ3n) is 3.26. The van der Waals surface area contributed by atoms with Crippen molar-refractivity contribution in [2.45, 2.75) is 0 Å². The van der Waals surface area contributed by atoms with Crippen LogP contribution in [0.4, 0.5) is 0 Å². The lowest BCUT2D eigenvalue weighted by Gasteiger charge is -2.04. The summed E-state index contributed by atoms with van der Waals surface area (Å²) in [7, 11) is 1.32. The molecule has 0 aliphatic rings. The molecular weight excluding hydrogens is 302 g/mol. The molecule has 1 aromatic carbocycles. The van der Waals surface area contributed by atoms with E-state index in [9.17, 15) is 14.7 Å². The SMILES string of the molecule is COC(=O)c1ccc(-c2c(C(=O)O)sc3ncccc23)cc1. The van der Waals surface area contributed by atoms with Gasteiger partial charge in [0, 0.05) is 17.1 Å². The lowest BCUT2D eigenvalue weighted by molar-refractivity contribution is 0.0600. The van der Waals surface area contributed by atoms with Crippen molar-refractivity contribution in [3.05, 3.63) is 53.0 Å². The lowest BCUT2D eigenvalue weighted by Crippen LogP contribution is -2.00.